The minimum atomic E-state index is -0.252. The fraction of sp³-hybridized carbons (Fsp3) is 0.0909. The first-order chi connectivity index (χ1) is 14.9. The molecular formula is C22H16ClN3O3S2. The number of carbonyl (C=O) groups is 2. The molecule has 31 heavy (non-hydrogen) atoms. The Hall–Kier alpha value is -2.94. The number of nitrogens with zero attached hydrogens (tertiary/aromatic N) is 2. The topological polar surface area (TPSA) is 81.1 Å². The summed E-state index contributed by atoms with van der Waals surface area (Å²) in [5.74, 6) is -0.239. The Morgan fingerprint density at radius 1 is 1.16 bits per heavy atom. The summed E-state index contributed by atoms with van der Waals surface area (Å²) >= 11 is 8.61. The first-order valence-corrected chi connectivity index (χ1v) is 11.5. The number of fused-ring (bicyclic) bond motifs is 1. The molecule has 4 aromatic rings. The quantitative estimate of drug-likeness (QED) is 0.243. The first kappa shape index (κ1) is 21.3. The number of thiophene rings is 1. The first-order valence-electron chi connectivity index (χ1n) is 9.22. The van der Waals surface area contributed by atoms with Gasteiger partial charge in [-0.1, -0.05) is 29.4 Å². The molecule has 0 spiro atoms. The van der Waals surface area contributed by atoms with Crippen molar-refractivity contribution in [3.8, 4) is 5.69 Å². The molecule has 0 saturated heterocycles. The number of thioether (sulfide) groups is 1. The summed E-state index contributed by atoms with van der Waals surface area (Å²) in [7, 11) is 0. The molecule has 0 aliphatic heterocycles. The van der Waals surface area contributed by atoms with Crippen molar-refractivity contribution in [1.82, 2.24) is 9.55 Å². The molecule has 0 unspecified atom stereocenters. The van der Waals surface area contributed by atoms with E-state index >= 15 is 0 Å². The van der Waals surface area contributed by atoms with Gasteiger partial charge in [-0.25, -0.2) is 4.98 Å². The Kier molecular flexibility index (Phi) is 6.22. The lowest BCUT2D eigenvalue weighted by Gasteiger charge is -2.12. The van der Waals surface area contributed by atoms with Gasteiger partial charge in [-0.05, 0) is 60.8 Å². The number of aromatic nitrogens is 2. The van der Waals surface area contributed by atoms with Crippen molar-refractivity contribution in [1.29, 1.82) is 0 Å². The van der Waals surface area contributed by atoms with E-state index in [1.165, 1.54) is 22.8 Å². The Morgan fingerprint density at radius 2 is 1.94 bits per heavy atom. The zero-order valence-corrected chi connectivity index (χ0v) is 18.7. The lowest BCUT2D eigenvalue weighted by Crippen LogP contribution is -2.22. The number of ketones is 1. The normalized spacial score (nSPS) is 10.9. The number of Topliss-reactive ketones (excluding diaryl/α,β-unsaturated/α-hetero) is 1. The fourth-order valence-corrected chi connectivity index (χ4v) is 4.70. The zero-order chi connectivity index (χ0) is 22.0. The van der Waals surface area contributed by atoms with E-state index in [1.807, 2.05) is 5.38 Å². The number of nitrogens with one attached hydrogen (secondary N) is 1. The van der Waals surface area contributed by atoms with Crippen LogP contribution in [0.4, 0.5) is 5.69 Å². The molecule has 156 valence electrons. The van der Waals surface area contributed by atoms with E-state index in [2.05, 4.69) is 10.3 Å². The summed E-state index contributed by atoms with van der Waals surface area (Å²) < 4.78 is 2.02. The highest BCUT2D eigenvalue weighted by Gasteiger charge is 2.16. The van der Waals surface area contributed by atoms with Gasteiger partial charge in [-0.15, -0.1) is 11.3 Å². The number of halogens is 1. The second-order valence-corrected chi connectivity index (χ2v) is 8.92. The number of rotatable bonds is 6. The Morgan fingerprint density at radius 3 is 2.65 bits per heavy atom. The van der Waals surface area contributed by atoms with E-state index < -0.39 is 0 Å². The van der Waals surface area contributed by atoms with Gasteiger partial charge < -0.3 is 5.32 Å². The van der Waals surface area contributed by atoms with E-state index in [-0.39, 0.29) is 23.0 Å². The minimum absolute atomic E-state index is 0.0395. The van der Waals surface area contributed by atoms with Gasteiger partial charge in [0, 0.05) is 16.3 Å². The van der Waals surface area contributed by atoms with E-state index in [9.17, 15) is 14.4 Å². The molecule has 0 fully saturated rings. The Balaban J connectivity index is 1.59. The van der Waals surface area contributed by atoms with Crippen LogP contribution in [0.25, 0.3) is 15.9 Å². The summed E-state index contributed by atoms with van der Waals surface area (Å²) in [6.07, 6.45) is 0. The van der Waals surface area contributed by atoms with Crippen LogP contribution in [0.15, 0.2) is 69.9 Å². The van der Waals surface area contributed by atoms with Crippen molar-refractivity contribution in [2.75, 3.05) is 11.1 Å². The van der Waals surface area contributed by atoms with Crippen LogP contribution in [0, 0.1) is 0 Å². The standard InChI is InChI=1S/C22H16ClN3O3S2/c1-13(27)14-5-7-16(8-6-14)24-19(28)12-31-22-25-18-9-10-30-20(18)21(29)26(22)17-4-2-3-15(23)11-17/h2-11H,12H2,1H3,(H,24,28). The predicted octanol–water partition coefficient (Wildman–Crippen LogP) is 5.03. The Labute approximate surface area is 190 Å². The van der Waals surface area contributed by atoms with Gasteiger partial charge in [-0.3, -0.25) is 19.0 Å². The molecule has 0 radical (unpaired) electrons. The van der Waals surface area contributed by atoms with Crippen LogP contribution >= 0.6 is 34.7 Å². The Bertz CT molecular complexity index is 1350. The average Bonchev–Trinajstić information content (AvgIpc) is 3.22. The molecule has 1 N–H and O–H groups in total. The molecule has 2 aromatic heterocycles. The maximum absolute atomic E-state index is 13.1. The highest BCUT2D eigenvalue weighted by Crippen LogP contribution is 2.25. The molecule has 0 aliphatic carbocycles. The van der Waals surface area contributed by atoms with Gasteiger partial charge in [-0.2, -0.15) is 0 Å². The van der Waals surface area contributed by atoms with Crippen LogP contribution in [0.1, 0.15) is 17.3 Å². The lowest BCUT2D eigenvalue weighted by molar-refractivity contribution is -0.113. The van der Waals surface area contributed by atoms with E-state index in [4.69, 9.17) is 11.6 Å². The van der Waals surface area contributed by atoms with Crippen molar-refractivity contribution < 1.29 is 9.59 Å². The summed E-state index contributed by atoms with van der Waals surface area (Å²) in [4.78, 5) is 41.5. The van der Waals surface area contributed by atoms with Crippen molar-refractivity contribution in [3.63, 3.8) is 0 Å². The SMILES string of the molecule is CC(=O)c1ccc(NC(=O)CSc2nc3ccsc3c(=O)n2-c2cccc(Cl)c2)cc1. The predicted molar refractivity (Wildman–Crippen MR) is 126 cm³/mol. The highest BCUT2D eigenvalue weighted by atomic mass is 35.5. The second kappa shape index (κ2) is 9.05. The maximum Gasteiger partial charge on any atom is 0.276 e. The molecule has 0 atom stereocenters. The van der Waals surface area contributed by atoms with Gasteiger partial charge in [0.25, 0.3) is 5.56 Å². The third-order valence-corrected chi connectivity index (χ3v) is 6.49. The molecule has 0 saturated carbocycles. The monoisotopic (exact) mass is 469 g/mol. The summed E-state index contributed by atoms with van der Waals surface area (Å²) in [6.45, 7) is 1.49. The van der Waals surface area contributed by atoms with Crippen molar-refractivity contribution in [2.45, 2.75) is 12.1 Å². The van der Waals surface area contributed by atoms with Crippen molar-refractivity contribution in [3.05, 3.63) is 80.9 Å². The number of hydrogen-bond acceptors (Lipinski definition) is 6. The van der Waals surface area contributed by atoms with Crippen LogP contribution < -0.4 is 10.9 Å². The minimum Gasteiger partial charge on any atom is -0.325 e. The third-order valence-electron chi connectivity index (χ3n) is 4.42. The molecule has 0 aliphatic rings. The summed E-state index contributed by atoms with van der Waals surface area (Å²) in [5.41, 5.74) is 2.14. The maximum atomic E-state index is 13.1. The fourth-order valence-electron chi connectivity index (χ4n) is 2.95. The smallest absolute Gasteiger partial charge is 0.276 e. The van der Waals surface area contributed by atoms with Gasteiger partial charge >= 0.3 is 0 Å². The van der Waals surface area contributed by atoms with Crippen LogP contribution in [-0.4, -0.2) is 27.0 Å². The molecule has 1 amide bonds. The van der Waals surface area contributed by atoms with Crippen LogP contribution in [0.2, 0.25) is 5.02 Å². The highest BCUT2D eigenvalue weighted by molar-refractivity contribution is 7.99. The molecule has 0 bridgehead atoms. The average molecular weight is 470 g/mol. The third kappa shape index (κ3) is 4.71. The largest absolute Gasteiger partial charge is 0.325 e. The van der Waals surface area contributed by atoms with E-state index in [1.54, 1.807) is 54.6 Å². The number of anilines is 1. The molecule has 6 nitrogen and oxygen atoms in total. The number of hydrogen-bond donors (Lipinski definition) is 1. The van der Waals surface area contributed by atoms with Gasteiger partial charge in [0.15, 0.2) is 10.9 Å². The van der Waals surface area contributed by atoms with Crippen LogP contribution in [-0.2, 0) is 4.79 Å². The van der Waals surface area contributed by atoms with Gasteiger partial charge in [0.1, 0.15) is 4.70 Å². The van der Waals surface area contributed by atoms with Crippen LogP contribution in [0.3, 0.4) is 0 Å². The molecule has 9 heteroatoms. The number of benzene rings is 2. The molecular weight excluding hydrogens is 454 g/mol. The van der Waals surface area contributed by atoms with E-state index in [0.717, 1.165) is 11.8 Å². The van der Waals surface area contributed by atoms with Crippen molar-refractivity contribution in [2.24, 2.45) is 0 Å². The van der Waals surface area contributed by atoms with Crippen molar-refractivity contribution >= 4 is 62.3 Å². The number of amides is 1. The van der Waals surface area contributed by atoms with E-state index in [0.29, 0.717) is 37.3 Å². The number of carbonyl (C=O) groups excluding carboxylic acids is 2. The summed E-state index contributed by atoms with van der Waals surface area (Å²) in [6, 6.07) is 15.4. The van der Waals surface area contributed by atoms with Gasteiger partial charge in [0.05, 0.1) is 17.0 Å². The summed E-state index contributed by atoms with van der Waals surface area (Å²) in [5, 5.41) is 5.50. The zero-order valence-electron chi connectivity index (χ0n) is 16.3. The lowest BCUT2D eigenvalue weighted by atomic mass is 10.1. The van der Waals surface area contributed by atoms with Gasteiger partial charge in [0.2, 0.25) is 5.91 Å². The molecule has 2 aromatic carbocycles. The second-order valence-electron chi connectivity index (χ2n) is 6.62. The molecule has 2 heterocycles. The van der Waals surface area contributed by atoms with Crippen LogP contribution in [0.5, 0.6) is 0 Å². The molecule has 4 rings (SSSR count).